The van der Waals surface area contributed by atoms with E-state index in [9.17, 15) is 9.59 Å². The van der Waals surface area contributed by atoms with Crippen LogP contribution in [0.1, 0.15) is 64.7 Å². The molecule has 0 N–H and O–H groups in total. The quantitative estimate of drug-likeness (QED) is 0.366. The number of benzene rings is 2. The number of ketones is 1. The SMILES string of the molecule is Cc1cc(C)c(C(=O)C(C(=O)OCc2ccccc2)C2CCCCC2)c(C)c1. The van der Waals surface area contributed by atoms with Crippen LogP contribution >= 0.6 is 0 Å². The van der Waals surface area contributed by atoms with Crippen molar-refractivity contribution in [1.29, 1.82) is 0 Å². The van der Waals surface area contributed by atoms with Crippen molar-refractivity contribution in [3.63, 3.8) is 0 Å². The molecule has 0 aliphatic heterocycles. The summed E-state index contributed by atoms with van der Waals surface area (Å²) in [5, 5.41) is 0. The lowest BCUT2D eigenvalue weighted by molar-refractivity contribution is -0.150. The van der Waals surface area contributed by atoms with E-state index < -0.39 is 5.92 Å². The molecule has 0 spiro atoms. The molecule has 3 heteroatoms. The number of carbonyl (C=O) groups is 2. The molecule has 0 heterocycles. The Morgan fingerprint density at radius 3 is 2.18 bits per heavy atom. The van der Waals surface area contributed by atoms with Crippen molar-refractivity contribution >= 4 is 11.8 Å². The molecule has 1 atom stereocenters. The number of rotatable bonds is 6. The molecular weight excluding hydrogens is 348 g/mol. The zero-order valence-electron chi connectivity index (χ0n) is 17.2. The summed E-state index contributed by atoms with van der Waals surface area (Å²) >= 11 is 0. The number of esters is 1. The van der Waals surface area contributed by atoms with Gasteiger partial charge in [-0.15, -0.1) is 0 Å². The van der Waals surface area contributed by atoms with Crippen molar-refractivity contribution in [3.05, 3.63) is 70.3 Å². The summed E-state index contributed by atoms with van der Waals surface area (Å²) in [6.07, 6.45) is 5.17. The van der Waals surface area contributed by atoms with Crippen LogP contribution in [0.2, 0.25) is 0 Å². The Morgan fingerprint density at radius 1 is 0.964 bits per heavy atom. The fourth-order valence-electron chi connectivity index (χ4n) is 4.52. The van der Waals surface area contributed by atoms with Crippen LogP contribution in [0.15, 0.2) is 42.5 Å². The molecule has 0 saturated heterocycles. The lowest BCUT2D eigenvalue weighted by Crippen LogP contribution is -2.35. The van der Waals surface area contributed by atoms with Gasteiger partial charge in [0.2, 0.25) is 0 Å². The molecule has 0 radical (unpaired) electrons. The summed E-state index contributed by atoms with van der Waals surface area (Å²) in [4.78, 5) is 26.6. The largest absolute Gasteiger partial charge is 0.460 e. The van der Waals surface area contributed by atoms with E-state index in [1.165, 1.54) is 6.42 Å². The van der Waals surface area contributed by atoms with Crippen LogP contribution in [0, 0.1) is 32.6 Å². The van der Waals surface area contributed by atoms with E-state index in [0.29, 0.717) is 5.56 Å². The molecule has 2 aromatic carbocycles. The van der Waals surface area contributed by atoms with Gasteiger partial charge in [-0.1, -0.05) is 67.3 Å². The Balaban J connectivity index is 1.86. The maximum absolute atomic E-state index is 13.5. The Labute approximate surface area is 168 Å². The summed E-state index contributed by atoms with van der Waals surface area (Å²) in [6.45, 7) is 6.16. The molecule has 2 aromatic rings. The summed E-state index contributed by atoms with van der Waals surface area (Å²) < 4.78 is 5.63. The van der Waals surface area contributed by atoms with Gasteiger partial charge in [0.25, 0.3) is 0 Å². The normalized spacial score (nSPS) is 15.8. The third kappa shape index (κ3) is 4.70. The van der Waals surface area contributed by atoms with Crippen molar-refractivity contribution < 1.29 is 14.3 Å². The average Bonchev–Trinajstić information content (AvgIpc) is 2.67. The van der Waals surface area contributed by atoms with Crippen LogP contribution in [0.4, 0.5) is 0 Å². The highest BCUT2D eigenvalue weighted by molar-refractivity contribution is 6.10. The number of hydrogen-bond donors (Lipinski definition) is 0. The lowest BCUT2D eigenvalue weighted by atomic mass is 9.75. The Kier molecular flexibility index (Phi) is 6.66. The molecule has 1 aliphatic carbocycles. The first-order chi connectivity index (χ1) is 13.5. The van der Waals surface area contributed by atoms with Crippen LogP contribution in [0.3, 0.4) is 0 Å². The molecule has 1 fully saturated rings. The Hall–Kier alpha value is -2.42. The zero-order chi connectivity index (χ0) is 20.1. The topological polar surface area (TPSA) is 43.4 Å². The molecule has 0 amide bonds. The van der Waals surface area contributed by atoms with Gasteiger partial charge < -0.3 is 4.74 Å². The predicted molar refractivity (Wildman–Crippen MR) is 111 cm³/mol. The molecule has 1 saturated carbocycles. The van der Waals surface area contributed by atoms with Crippen molar-refractivity contribution in [2.45, 2.75) is 59.5 Å². The second-order valence-electron chi connectivity index (χ2n) is 8.11. The van der Waals surface area contributed by atoms with Crippen LogP contribution in [-0.4, -0.2) is 11.8 Å². The van der Waals surface area contributed by atoms with Crippen molar-refractivity contribution in [2.24, 2.45) is 11.8 Å². The van der Waals surface area contributed by atoms with E-state index >= 15 is 0 Å². The van der Waals surface area contributed by atoms with Gasteiger partial charge in [-0.25, -0.2) is 0 Å². The summed E-state index contributed by atoms with van der Waals surface area (Å²) in [7, 11) is 0. The second kappa shape index (κ2) is 9.18. The van der Waals surface area contributed by atoms with Gasteiger partial charge in [-0.2, -0.15) is 0 Å². The smallest absolute Gasteiger partial charge is 0.317 e. The number of carbonyl (C=O) groups excluding carboxylic acids is 2. The standard InChI is InChI=1S/C25H30O3/c1-17-14-18(2)22(19(3)15-17)24(26)23(21-12-8-5-9-13-21)25(27)28-16-20-10-6-4-7-11-20/h4,6-7,10-11,14-15,21,23H,5,8-9,12-13,16H2,1-3H3. The van der Waals surface area contributed by atoms with Gasteiger partial charge >= 0.3 is 5.97 Å². The van der Waals surface area contributed by atoms with Gasteiger partial charge in [0.1, 0.15) is 12.5 Å². The maximum Gasteiger partial charge on any atom is 0.317 e. The number of Topliss-reactive ketones (excluding diaryl/α,β-unsaturated/α-hetero) is 1. The highest BCUT2D eigenvalue weighted by Gasteiger charge is 2.38. The van der Waals surface area contributed by atoms with Crippen LogP contribution < -0.4 is 0 Å². The molecular formula is C25H30O3. The van der Waals surface area contributed by atoms with E-state index in [-0.39, 0.29) is 24.3 Å². The first kappa shape index (κ1) is 20.3. The highest BCUT2D eigenvalue weighted by atomic mass is 16.5. The summed E-state index contributed by atoms with van der Waals surface area (Å²) in [6, 6.07) is 13.7. The van der Waals surface area contributed by atoms with E-state index in [1.807, 2.05) is 63.2 Å². The van der Waals surface area contributed by atoms with Gasteiger partial charge in [0.05, 0.1) is 0 Å². The molecule has 0 bridgehead atoms. The molecule has 28 heavy (non-hydrogen) atoms. The van der Waals surface area contributed by atoms with E-state index in [2.05, 4.69) is 0 Å². The molecule has 1 unspecified atom stereocenters. The van der Waals surface area contributed by atoms with Crippen LogP contribution in [0.5, 0.6) is 0 Å². The minimum Gasteiger partial charge on any atom is -0.460 e. The molecule has 3 rings (SSSR count). The average molecular weight is 379 g/mol. The van der Waals surface area contributed by atoms with Gasteiger partial charge in [-0.3, -0.25) is 9.59 Å². The third-order valence-electron chi connectivity index (χ3n) is 5.80. The minimum absolute atomic E-state index is 0.0695. The monoisotopic (exact) mass is 378 g/mol. The lowest BCUT2D eigenvalue weighted by Gasteiger charge is -2.28. The first-order valence-corrected chi connectivity index (χ1v) is 10.3. The van der Waals surface area contributed by atoms with Crippen molar-refractivity contribution in [1.82, 2.24) is 0 Å². The van der Waals surface area contributed by atoms with Crippen LogP contribution in [-0.2, 0) is 16.1 Å². The van der Waals surface area contributed by atoms with E-state index in [0.717, 1.165) is 47.9 Å². The maximum atomic E-state index is 13.5. The zero-order valence-corrected chi connectivity index (χ0v) is 17.2. The molecule has 0 aromatic heterocycles. The number of aryl methyl sites for hydroxylation is 3. The van der Waals surface area contributed by atoms with Gasteiger partial charge in [0.15, 0.2) is 5.78 Å². The number of ether oxygens (including phenoxy) is 1. The molecule has 1 aliphatic rings. The second-order valence-corrected chi connectivity index (χ2v) is 8.11. The fourth-order valence-corrected chi connectivity index (χ4v) is 4.52. The van der Waals surface area contributed by atoms with Crippen molar-refractivity contribution in [3.8, 4) is 0 Å². The first-order valence-electron chi connectivity index (χ1n) is 10.3. The van der Waals surface area contributed by atoms with Gasteiger partial charge in [-0.05, 0) is 56.2 Å². The minimum atomic E-state index is -0.705. The number of hydrogen-bond acceptors (Lipinski definition) is 3. The highest BCUT2D eigenvalue weighted by Crippen LogP contribution is 2.34. The Morgan fingerprint density at radius 2 is 1.57 bits per heavy atom. The summed E-state index contributed by atoms with van der Waals surface area (Å²) in [5.41, 5.74) is 4.65. The molecule has 3 nitrogen and oxygen atoms in total. The third-order valence-corrected chi connectivity index (χ3v) is 5.80. The van der Waals surface area contributed by atoms with Crippen molar-refractivity contribution in [2.75, 3.05) is 0 Å². The Bertz CT molecular complexity index is 809. The van der Waals surface area contributed by atoms with Gasteiger partial charge in [0, 0.05) is 5.56 Å². The summed E-state index contributed by atoms with van der Waals surface area (Å²) in [5.74, 6) is -1.08. The predicted octanol–water partition coefficient (Wildman–Crippen LogP) is 5.73. The molecule has 148 valence electrons. The van der Waals surface area contributed by atoms with E-state index in [4.69, 9.17) is 4.74 Å². The van der Waals surface area contributed by atoms with E-state index in [1.54, 1.807) is 0 Å². The fraction of sp³-hybridized carbons (Fsp3) is 0.440. The van der Waals surface area contributed by atoms with Crippen LogP contribution in [0.25, 0.3) is 0 Å².